The van der Waals surface area contributed by atoms with Crippen LogP contribution in [0.1, 0.15) is 53.2 Å². The first-order valence-corrected chi connectivity index (χ1v) is 10.5. The highest BCUT2D eigenvalue weighted by molar-refractivity contribution is 7.13. The van der Waals surface area contributed by atoms with Gasteiger partial charge in [0.2, 0.25) is 0 Å². The molecule has 150 valence electrons. The van der Waals surface area contributed by atoms with Crippen molar-refractivity contribution in [3.05, 3.63) is 70.5 Å². The van der Waals surface area contributed by atoms with Crippen LogP contribution in [0.3, 0.4) is 0 Å². The number of hydrogen-bond acceptors (Lipinski definition) is 5. The second kappa shape index (κ2) is 8.47. The van der Waals surface area contributed by atoms with Crippen molar-refractivity contribution in [1.29, 1.82) is 0 Å². The molecule has 1 aliphatic rings. The minimum Gasteiger partial charge on any atom is -0.328 e. The lowest BCUT2D eigenvalue weighted by Gasteiger charge is -2.28. The number of Topliss-reactive ketones (excluding diaryl/α,β-unsaturated/α-hetero) is 1. The number of hydrogen-bond donors (Lipinski definition) is 1. The van der Waals surface area contributed by atoms with Crippen LogP contribution in [-0.2, 0) is 6.42 Å². The van der Waals surface area contributed by atoms with Crippen LogP contribution in [-0.4, -0.2) is 21.8 Å². The van der Waals surface area contributed by atoms with Gasteiger partial charge in [-0.25, -0.2) is 13.8 Å². The van der Waals surface area contributed by atoms with Gasteiger partial charge in [0.15, 0.2) is 5.78 Å². The fourth-order valence-corrected chi connectivity index (χ4v) is 4.85. The lowest BCUT2D eigenvalue weighted by Crippen LogP contribution is -2.27. The number of nitrogens with two attached hydrogens (primary N) is 1. The Labute approximate surface area is 171 Å². The number of halogens is 2. The van der Waals surface area contributed by atoms with Crippen molar-refractivity contribution in [2.75, 3.05) is 0 Å². The summed E-state index contributed by atoms with van der Waals surface area (Å²) in [4.78, 5) is 21.2. The molecule has 0 radical (unpaired) electrons. The van der Waals surface area contributed by atoms with E-state index in [-0.39, 0.29) is 34.5 Å². The maximum Gasteiger partial charge on any atom is 0.186 e. The van der Waals surface area contributed by atoms with Gasteiger partial charge in [-0.2, -0.15) is 0 Å². The normalized spacial score (nSPS) is 19.3. The lowest BCUT2D eigenvalue weighted by atomic mass is 9.80. The van der Waals surface area contributed by atoms with Gasteiger partial charge in [0.1, 0.15) is 22.3 Å². The van der Waals surface area contributed by atoms with E-state index in [1.165, 1.54) is 18.2 Å². The maximum atomic E-state index is 14.0. The van der Waals surface area contributed by atoms with Gasteiger partial charge in [0.25, 0.3) is 0 Å². The number of carbonyl (C=O) groups is 1. The second-order valence-electron chi connectivity index (χ2n) is 7.43. The van der Waals surface area contributed by atoms with E-state index in [4.69, 9.17) is 5.73 Å². The quantitative estimate of drug-likeness (QED) is 0.605. The Morgan fingerprint density at radius 1 is 1.21 bits per heavy atom. The summed E-state index contributed by atoms with van der Waals surface area (Å²) in [7, 11) is 0. The smallest absolute Gasteiger partial charge is 0.186 e. The van der Waals surface area contributed by atoms with E-state index < -0.39 is 11.6 Å². The summed E-state index contributed by atoms with van der Waals surface area (Å²) in [6.07, 6.45) is 7.67. The number of pyridine rings is 1. The Balaban J connectivity index is 1.56. The molecule has 2 aromatic heterocycles. The molecule has 0 bridgehead atoms. The number of rotatable bonds is 5. The molecule has 1 saturated carbocycles. The first-order chi connectivity index (χ1) is 14.0. The van der Waals surface area contributed by atoms with Crippen LogP contribution >= 0.6 is 11.3 Å². The van der Waals surface area contributed by atoms with Gasteiger partial charge in [-0.1, -0.05) is 12.5 Å². The Kier molecular flexibility index (Phi) is 5.78. The summed E-state index contributed by atoms with van der Waals surface area (Å²) in [5, 5.41) is 1.71. The van der Waals surface area contributed by atoms with Gasteiger partial charge in [-0.05, 0) is 54.5 Å². The number of aromatic nitrogens is 2. The minimum atomic E-state index is -0.693. The predicted octanol–water partition coefficient (Wildman–Crippen LogP) is 4.89. The SMILES string of the molecule is N[C@H]1CCC[C@@H](c2ccncc2CC(=O)c2csc(-c3c(F)cccc3F)n2)C1. The molecule has 0 spiro atoms. The number of nitrogens with zero attached hydrogens (tertiary/aromatic N) is 2. The zero-order valence-corrected chi connectivity index (χ0v) is 16.6. The van der Waals surface area contributed by atoms with Crippen LogP contribution in [0.2, 0.25) is 0 Å². The van der Waals surface area contributed by atoms with E-state index in [1.54, 1.807) is 17.8 Å². The molecule has 29 heavy (non-hydrogen) atoms. The Morgan fingerprint density at radius 2 is 2.00 bits per heavy atom. The van der Waals surface area contributed by atoms with Gasteiger partial charge < -0.3 is 5.73 Å². The molecule has 0 amide bonds. The molecule has 0 aliphatic heterocycles. The maximum absolute atomic E-state index is 14.0. The number of benzene rings is 1. The molecule has 0 saturated heterocycles. The number of carbonyl (C=O) groups excluding carboxylic acids is 1. The first kappa shape index (κ1) is 19.8. The summed E-state index contributed by atoms with van der Waals surface area (Å²) in [6.45, 7) is 0. The van der Waals surface area contributed by atoms with Crippen LogP contribution in [0.25, 0.3) is 10.6 Å². The molecule has 2 N–H and O–H groups in total. The van der Waals surface area contributed by atoms with Gasteiger partial charge in [-0.3, -0.25) is 9.78 Å². The minimum absolute atomic E-state index is 0.151. The molecule has 2 heterocycles. The molecule has 4 rings (SSSR count). The van der Waals surface area contributed by atoms with Gasteiger partial charge >= 0.3 is 0 Å². The fraction of sp³-hybridized carbons (Fsp3) is 0.318. The summed E-state index contributed by atoms with van der Waals surface area (Å²) in [5.41, 5.74) is 8.12. The zero-order chi connectivity index (χ0) is 20.4. The molecule has 3 aromatic rings. The van der Waals surface area contributed by atoms with Crippen LogP contribution in [0.4, 0.5) is 8.78 Å². The van der Waals surface area contributed by atoms with E-state index in [1.807, 2.05) is 6.07 Å². The highest BCUT2D eigenvalue weighted by Crippen LogP contribution is 2.34. The number of ketones is 1. The molecule has 0 unspecified atom stereocenters. The monoisotopic (exact) mass is 413 g/mol. The van der Waals surface area contributed by atoms with Crippen LogP contribution in [0.5, 0.6) is 0 Å². The van der Waals surface area contributed by atoms with Crippen molar-refractivity contribution >= 4 is 17.1 Å². The van der Waals surface area contributed by atoms with Gasteiger partial charge in [-0.15, -0.1) is 11.3 Å². The average molecular weight is 413 g/mol. The zero-order valence-electron chi connectivity index (χ0n) is 15.8. The summed E-state index contributed by atoms with van der Waals surface area (Å²) in [6, 6.07) is 5.81. The van der Waals surface area contributed by atoms with E-state index in [0.717, 1.165) is 48.1 Å². The van der Waals surface area contributed by atoms with Crippen molar-refractivity contribution in [3.8, 4) is 10.6 Å². The van der Waals surface area contributed by atoms with Crippen LogP contribution < -0.4 is 5.73 Å². The van der Waals surface area contributed by atoms with Crippen molar-refractivity contribution < 1.29 is 13.6 Å². The Bertz CT molecular complexity index is 1020. The molecule has 1 fully saturated rings. The second-order valence-corrected chi connectivity index (χ2v) is 8.29. The van der Waals surface area contributed by atoms with Gasteiger partial charge in [0.05, 0.1) is 5.56 Å². The summed E-state index contributed by atoms with van der Waals surface area (Å²) in [5.74, 6) is -1.26. The van der Waals surface area contributed by atoms with E-state index in [9.17, 15) is 13.6 Å². The third kappa shape index (κ3) is 4.26. The Morgan fingerprint density at radius 3 is 2.76 bits per heavy atom. The molecule has 7 heteroatoms. The lowest BCUT2D eigenvalue weighted by molar-refractivity contribution is 0.0988. The highest BCUT2D eigenvalue weighted by atomic mass is 32.1. The average Bonchev–Trinajstić information content (AvgIpc) is 3.18. The highest BCUT2D eigenvalue weighted by Gasteiger charge is 2.24. The van der Waals surface area contributed by atoms with E-state index >= 15 is 0 Å². The molecule has 2 atom stereocenters. The Hall–Kier alpha value is -2.51. The third-order valence-corrected chi connectivity index (χ3v) is 6.27. The van der Waals surface area contributed by atoms with Gasteiger partial charge in [0, 0.05) is 30.2 Å². The third-order valence-electron chi connectivity index (χ3n) is 5.41. The number of thiazole rings is 1. The van der Waals surface area contributed by atoms with Crippen molar-refractivity contribution in [1.82, 2.24) is 9.97 Å². The topological polar surface area (TPSA) is 68.9 Å². The summed E-state index contributed by atoms with van der Waals surface area (Å²) >= 11 is 1.06. The van der Waals surface area contributed by atoms with Crippen molar-refractivity contribution in [2.45, 2.75) is 44.1 Å². The molecular weight excluding hydrogens is 392 g/mol. The van der Waals surface area contributed by atoms with E-state index in [0.29, 0.717) is 5.92 Å². The molecule has 1 aromatic carbocycles. The first-order valence-electron chi connectivity index (χ1n) is 9.64. The van der Waals surface area contributed by atoms with Crippen LogP contribution in [0, 0.1) is 11.6 Å². The largest absolute Gasteiger partial charge is 0.328 e. The molecule has 1 aliphatic carbocycles. The summed E-state index contributed by atoms with van der Waals surface area (Å²) < 4.78 is 28.0. The fourth-order valence-electron chi connectivity index (χ4n) is 3.98. The van der Waals surface area contributed by atoms with Crippen molar-refractivity contribution in [2.24, 2.45) is 5.73 Å². The van der Waals surface area contributed by atoms with Crippen molar-refractivity contribution in [3.63, 3.8) is 0 Å². The predicted molar refractivity (Wildman–Crippen MR) is 109 cm³/mol. The molecule has 4 nitrogen and oxygen atoms in total. The van der Waals surface area contributed by atoms with E-state index in [2.05, 4.69) is 9.97 Å². The standard InChI is InChI=1S/C22H21F2N3OS/c23-17-5-2-6-18(24)21(17)22-27-19(12-29-22)20(28)10-14-11-26-8-7-16(14)13-3-1-4-15(25)9-13/h2,5-8,11-13,15H,1,3-4,9-10,25H2/t13-,15+/m1/s1. The van der Waals surface area contributed by atoms with Crippen LogP contribution in [0.15, 0.2) is 42.0 Å². The molecular formula is C22H21F2N3OS.